The number of ether oxygens (including phenoxy) is 2. The molecule has 3 aliphatic rings. The number of hydrogen-bond donors (Lipinski definition) is 2. The summed E-state index contributed by atoms with van der Waals surface area (Å²) in [5, 5.41) is 20.9. The van der Waals surface area contributed by atoms with Gasteiger partial charge in [-0.1, -0.05) is 20.8 Å². The minimum absolute atomic E-state index is 0.0138. The van der Waals surface area contributed by atoms with E-state index in [1.165, 1.54) is 23.2 Å². The van der Waals surface area contributed by atoms with E-state index in [9.17, 15) is 24.6 Å². The molecular formula is C35H43F2N3O8Si. The summed E-state index contributed by atoms with van der Waals surface area (Å²) in [5.41, 5.74) is -2.09. The molecule has 2 aromatic carbocycles. The van der Waals surface area contributed by atoms with E-state index in [2.05, 4.69) is 20.8 Å². The Labute approximate surface area is 285 Å². The second-order valence-electron chi connectivity index (χ2n) is 15.2. The summed E-state index contributed by atoms with van der Waals surface area (Å²) >= 11 is 0. The number of carboxylic acids is 1. The zero-order valence-corrected chi connectivity index (χ0v) is 29.8. The number of carbonyl (C=O) groups excluding carboxylic acids is 1. The van der Waals surface area contributed by atoms with Gasteiger partial charge in [0, 0.05) is 36.8 Å². The van der Waals surface area contributed by atoms with Crippen molar-refractivity contribution in [2.24, 2.45) is 0 Å². The number of rotatable bonds is 10. The quantitative estimate of drug-likeness (QED) is 0.276. The number of carboxylic acid groups (broad SMARTS) is 1. The van der Waals surface area contributed by atoms with Crippen molar-refractivity contribution in [3.63, 3.8) is 0 Å². The van der Waals surface area contributed by atoms with E-state index in [1.54, 1.807) is 21.6 Å². The molecular weight excluding hydrogens is 656 g/mol. The van der Waals surface area contributed by atoms with E-state index in [4.69, 9.17) is 13.9 Å². The summed E-state index contributed by atoms with van der Waals surface area (Å²) in [6, 6.07) is 6.90. The van der Waals surface area contributed by atoms with Crippen LogP contribution in [-0.2, 0) is 9.16 Å². The zero-order chi connectivity index (χ0) is 35.5. The number of nitrogens with zero attached hydrogens (tertiary/aromatic N) is 3. The van der Waals surface area contributed by atoms with E-state index in [1.807, 2.05) is 13.8 Å². The summed E-state index contributed by atoms with van der Waals surface area (Å²) in [7, 11) is -0.904. The summed E-state index contributed by atoms with van der Waals surface area (Å²) in [4.78, 5) is 40.3. The van der Waals surface area contributed by atoms with Gasteiger partial charge in [0.1, 0.15) is 29.7 Å². The maximum atomic E-state index is 15.4. The Kier molecular flexibility index (Phi) is 9.03. The Hall–Kier alpha value is -4.01. The van der Waals surface area contributed by atoms with E-state index < -0.39 is 61.8 Å². The first-order valence-corrected chi connectivity index (χ1v) is 17.9. The van der Waals surface area contributed by atoms with Gasteiger partial charge in [-0.2, -0.15) is 0 Å². The minimum Gasteiger partial charge on any atom is -0.488 e. The predicted octanol–water partition coefficient (Wildman–Crippen LogP) is 5.15. The molecule has 1 aromatic heterocycles. The number of aromatic nitrogens is 1. The summed E-state index contributed by atoms with van der Waals surface area (Å²) in [5.74, 6) is -2.79. The average Bonchev–Trinajstić information content (AvgIpc) is 3.79. The van der Waals surface area contributed by atoms with Gasteiger partial charge >= 0.3 is 12.1 Å². The molecule has 3 fully saturated rings. The first-order chi connectivity index (χ1) is 22.9. The molecule has 1 unspecified atom stereocenters. The van der Waals surface area contributed by atoms with E-state index in [-0.39, 0.29) is 67.0 Å². The van der Waals surface area contributed by atoms with Crippen molar-refractivity contribution in [3.8, 4) is 5.75 Å². The lowest BCUT2D eigenvalue weighted by Gasteiger charge is -2.39. The second-order valence-corrected chi connectivity index (χ2v) is 17.9. The number of aliphatic hydroxyl groups is 1. The van der Waals surface area contributed by atoms with Gasteiger partial charge in [0.05, 0.1) is 29.0 Å². The van der Waals surface area contributed by atoms with Crippen LogP contribution in [0.3, 0.4) is 0 Å². The maximum absolute atomic E-state index is 15.4. The number of cyclic esters (lactones) is 1. The number of hydrogen-bond acceptors (Lipinski definition) is 8. The topological polar surface area (TPSA) is 131 Å². The van der Waals surface area contributed by atoms with Gasteiger partial charge in [-0.25, -0.2) is 18.4 Å². The molecule has 49 heavy (non-hydrogen) atoms. The van der Waals surface area contributed by atoms with Crippen molar-refractivity contribution in [2.75, 3.05) is 36.0 Å². The normalized spacial score (nSPS) is 20.0. The Bertz CT molecular complexity index is 1850. The van der Waals surface area contributed by atoms with Gasteiger partial charge in [-0.15, -0.1) is 0 Å². The molecule has 1 atom stereocenters. The average molecular weight is 700 g/mol. The number of piperidine rings is 1. The molecule has 14 heteroatoms. The van der Waals surface area contributed by atoms with Crippen molar-refractivity contribution >= 4 is 44.1 Å². The highest BCUT2D eigenvalue weighted by Crippen LogP contribution is 2.39. The molecule has 1 aliphatic carbocycles. The van der Waals surface area contributed by atoms with Gasteiger partial charge in [0.15, 0.2) is 21.3 Å². The van der Waals surface area contributed by atoms with Gasteiger partial charge in [0.2, 0.25) is 5.43 Å². The van der Waals surface area contributed by atoms with Crippen LogP contribution >= 0.6 is 0 Å². The molecule has 2 N–H and O–H groups in total. The fraction of sp³-hybridized carbons (Fsp3) is 0.514. The SMILES string of the molecule is CC(C)(C)[SiH2]OC(C)(C)C1CN(c2ccc(OCC3(O)CCN(c4cc5c(cc4F)c(=O)c(C(=O)O)cn5C4CC4)CC3)c(F)c2)C(=O)O1. The molecule has 3 heterocycles. The third-order valence-corrected chi connectivity index (χ3v) is 11.2. The zero-order valence-electron chi connectivity index (χ0n) is 28.4. The predicted molar refractivity (Wildman–Crippen MR) is 183 cm³/mol. The Morgan fingerprint density at radius 3 is 2.37 bits per heavy atom. The highest BCUT2D eigenvalue weighted by Gasteiger charge is 2.43. The van der Waals surface area contributed by atoms with Crippen LogP contribution in [0, 0.1) is 11.6 Å². The molecule has 0 radical (unpaired) electrons. The molecule has 6 rings (SSSR count). The lowest BCUT2D eigenvalue weighted by Crippen LogP contribution is -2.48. The molecule has 2 aliphatic heterocycles. The van der Waals surface area contributed by atoms with Crippen molar-refractivity contribution in [2.45, 2.75) is 88.7 Å². The highest BCUT2D eigenvalue weighted by atomic mass is 28.2. The minimum atomic E-state index is -1.35. The highest BCUT2D eigenvalue weighted by molar-refractivity contribution is 6.31. The van der Waals surface area contributed by atoms with Crippen LogP contribution in [0.2, 0.25) is 5.04 Å². The summed E-state index contributed by atoms with van der Waals surface area (Å²) < 4.78 is 49.9. The second kappa shape index (κ2) is 12.7. The number of carbonyl (C=O) groups is 2. The molecule has 264 valence electrons. The van der Waals surface area contributed by atoms with Gasteiger partial charge < -0.3 is 33.6 Å². The van der Waals surface area contributed by atoms with Gasteiger partial charge in [-0.3, -0.25) is 9.69 Å². The Morgan fingerprint density at radius 2 is 1.76 bits per heavy atom. The lowest BCUT2D eigenvalue weighted by atomic mass is 9.92. The Morgan fingerprint density at radius 1 is 1.06 bits per heavy atom. The Balaban J connectivity index is 1.09. The first kappa shape index (κ1) is 34.8. The van der Waals surface area contributed by atoms with Crippen molar-refractivity contribution in [1.29, 1.82) is 0 Å². The number of pyridine rings is 1. The standard InChI is InChI=1S/C35H43F2N3O8Si/c1-33(2,3)49-48-34(4,5)29-18-40(32(44)47-29)21-8-9-28(25(37)14-21)46-19-35(45)10-12-38(13-11-35)27-16-26-22(15-24(27)36)30(41)23(31(42)43)17-39(26)20-6-7-20/h8-9,14-17,20,29,45H,6-7,10-13,18-19,49H2,1-5H3,(H,42,43). The number of halogens is 2. The van der Waals surface area contributed by atoms with Crippen LogP contribution in [-0.4, -0.2) is 80.2 Å². The van der Waals surface area contributed by atoms with Crippen molar-refractivity contribution in [3.05, 3.63) is 63.9 Å². The van der Waals surface area contributed by atoms with Crippen LogP contribution in [0.5, 0.6) is 5.75 Å². The molecule has 0 bridgehead atoms. The molecule has 2 saturated heterocycles. The van der Waals surface area contributed by atoms with Crippen molar-refractivity contribution < 1.29 is 42.5 Å². The van der Waals surface area contributed by atoms with Crippen LogP contribution in [0.1, 0.15) is 76.7 Å². The fourth-order valence-corrected chi connectivity index (χ4v) is 7.22. The fourth-order valence-electron chi connectivity index (χ4n) is 6.23. The molecule has 11 nitrogen and oxygen atoms in total. The number of aromatic carboxylic acids is 1. The van der Waals surface area contributed by atoms with Crippen LogP contribution < -0.4 is 20.0 Å². The van der Waals surface area contributed by atoms with Crippen LogP contribution in [0.25, 0.3) is 10.9 Å². The summed E-state index contributed by atoms with van der Waals surface area (Å²) in [6.45, 7) is 10.7. The molecule has 1 saturated carbocycles. The van der Waals surface area contributed by atoms with E-state index in [0.717, 1.165) is 18.9 Å². The summed E-state index contributed by atoms with van der Waals surface area (Å²) in [6.07, 6.45) is 2.30. The van der Waals surface area contributed by atoms with Crippen LogP contribution in [0.4, 0.5) is 25.0 Å². The first-order valence-electron chi connectivity index (χ1n) is 16.6. The number of anilines is 2. The third kappa shape index (κ3) is 7.31. The smallest absolute Gasteiger partial charge is 0.414 e. The molecule has 3 aromatic rings. The van der Waals surface area contributed by atoms with Crippen molar-refractivity contribution in [1.82, 2.24) is 4.57 Å². The molecule has 0 spiro atoms. The van der Waals surface area contributed by atoms with Gasteiger partial charge in [-0.05, 0) is 68.8 Å². The van der Waals surface area contributed by atoms with Crippen LogP contribution in [0.15, 0.2) is 41.3 Å². The number of benzene rings is 2. The van der Waals surface area contributed by atoms with E-state index >= 15 is 8.78 Å². The monoisotopic (exact) mass is 699 g/mol. The lowest BCUT2D eigenvalue weighted by molar-refractivity contribution is -0.0250. The largest absolute Gasteiger partial charge is 0.488 e. The van der Waals surface area contributed by atoms with Gasteiger partial charge in [0.25, 0.3) is 0 Å². The number of fused-ring (bicyclic) bond motifs is 1. The maximum Gasteiger partial charge on any atom is 0.414 e. The number of amides is 1. The third-order valence-electron chi connectivity index (χ3n) is 9.49. The molecule has 1 amide bonds. The van der Waals surface area contributed by atoms with E-state index in [0.29, 0.717) is 11.2 Å².